The van der Waals surface area contributed by atoms with Gasteiger partial charge < -0.3 is 9.84 Å². The fraction of sp³-hybridized carbons (Fsp3) is 0.250. The zero-order valence-corrected chi connectivity index (χ0v) is 11.4. The van der Waals surface area contributed by atoms with E-state index in [0.717, 1.165) is 5.56 Å². The van der Waals surface area contributed by atoms with Crippen molar-refractivity contribution < 1.29 is 22.5 Å². The van der Waals surface area contributed by atoms with Gasteiger partial charge in [-0.3, -0.25) is 4.79 Å². The predicted octanol–water partition coefficient (Wildman–Crippen LogP) is 2.98. The molecule has 0 atom stereocenters. The molecule has 0 bridgehead atoms. The molecular formula is C12H9ClF3N3O2. The Hall–Kier alpha value is -2.09. The Morgan fingerprint density at radius 1 is 1.43 bits per heavy atom. The van der Waals surface area contributed by atoms with Gasteiger partial charge in [-0.1, -0.05) is 22.8 Å². The second-order valence-corrected chi connectivity index (χ2v) is 4.59. The molecule has 2 rings (SSSR count). The highest BCUT2D eigenvalue weighted by Gasteiger charge is 2.38. The van der Waals surface area contributed by atoms with Crippen LogP contribution in [0.15, 0.2) is 22.7 Å². The first-order chi connectivity index (χ1) is 9.77. The quantitative estimate of drug-likeness (QED) is 0.944. The second-order valence-electron chi connectivity index (χ2n) is 4.18. The summed E-state index contributed by atoms with van der Waals surface area (Å²) < 4.78 is 40.8. The molecular weight excluding hydrogens is 311 g/mol. The summed E-state index contributed by atoms with van der Waals surface area (Å²) in [7, 11) is 0. The van der Waals surface area contributed by atoms with Crippen molar-refractivity contribution in [3.05, 3.63) is 46.1 Å². The standard InChI is InChI=1S/C12H9ClF3N3O2/c1-6-2-3-7(8(13)4-6)10(20)17-5-9-18-11(21-19-9)12(14,15)16/h2-4H,5H2,1H3,(H,17,20). The smallest absolute Gasteiger partial charge is 0.345 e. The van der Waals surface area contributed by atoms with Crippen LogP contribution in [0.5, 0.6) is 0 Å². The molecule has 1 aromatic heterocycles. The fourth-order valence-corrected chi connectivity index (χ4v) is 1.82. The third kappa shape index (κ3) is 3.72. The highest BCUT2D eigenvalue weighted by Crippen LogP contribution is 2.27. The molecule has 0 aliphatic carbocycles. The Kier molecular flexibility index (Phi) is 4.17. The van der Waals surface area contributed by atoms with Crippen LogP contribution < -0.4 is 5.32 Å². The molecule has 0 saturated carbocycles. The first-order valence-electron chi connectivity index (χ1n) is 5.71. The SMILES string of the molecule is Cc1ccc(C(=O)NCc2noc(C(F)(F)F)n2)c(Cl)c1. The maximum Gasteiger partial charge on any atom is 0.471 e. The zero-order chi connectivity index (χ0) is 15.6. The molecule has 1 N–H and O–H groups in total. The zero-order valence-electron chi connectivity index (χ0n) is 10.7. The van der Waals surface area contributed by atoms with Crippen LogP contribution in [0, 0.1) is 6.92 Å². The lowest BCUT2D eigenvalue weighted by molar-refractivity contribution is -0.159. The molecule has 2 aromatic rings. The van der Waals surface area contributed by atoms with Crippen LogP contribution in [0.4, 0.5) is 13.2 Å². The number of aromatic nitrogens is 2. The number of carbonyl (C=O) groups is 1. The highest BCUT2D eigenvalue weighted by molar-refractivity contribution is 6.33. The summed E-state index contributed by atoms with van der Waals surface area (Å²) in [5, 5.41) is 5.74. The monoisotopic (exact) mass is 319 g/mol. The van der Waals surface area contributed by atoms with E-state index in [0.29, 0.717) is 0 Å². The van der Waals surface area contributed by atoms with Gasteiger partial charge in [0.2, 0.25) is 0 Å². The topological polar surface area (TPSA) is 68.0 Å². The third-order valence-corrected chi connectivity index (χ3v) is 2.80. The summed E-state index contributed by atoms with van der Waals surface area (Å²) in [6.07, 6.45) is -4.71. The van der Waals surface area contributed by atoms with Crippen molar-refractivity contribution in [2.75, 3.05) is 0 Å². The molecule has 0 saturated heterocycles. The van der Waals surface area contributed by atoms with Crippen LogP contribution in [-0.2, 0) is 12.7 Å². The molecule has 9 heteroatoms. The maximum atomic E-state index is 12.3. The van der Waals surface area contributed by atoms with E-state index in [-0.39, 0.29) is 23.0 Å². The molecule has 1 heterocycles. The molecule has 112 valence electrons. The van der Waals surface area contributed by atoms with Gasteiger partial charge >= 0.3 is 12.1 Å². The molecule has 0 aliphatic heterocycles. The number of nitrogens with one attached hydrogen (secondary N) is 1. The van der Waals surface area contributed by atoms with Crippen LogP contribution in [0.3, 0.4) is 0 Å². The number of carbonyl (C=O) groups excluding carboxylic acids is 1. The Morgan fingerprint density at radius 3 is 2.71 bits per heavy atom. The minimum Gasteiger partial charge on any atom is -0.345 e. The number of rotatable bonds is 3. The van der Waals surface area contributed by atoms with E-state index in [1.54, 1.807) is 12.1 Å². The van der Waals surface area contributed by atoms with Gasteiger partial charge in [0.1, 0.15) is 0 Å². The molecule has 0 fully saturated rings. The average Bonchev–Trinajstić information content (AvgIpc) is 2.84. The van der Waals surface area contributed by atoms with Crippen molar-refractivity contribution in [3.8, 4) is 0 Å². The average molecular weight is 320 g/mol. The summed E-state index contributed by atoms with van der Waals surface area (Å²) >= 11 is 5.91. The van der Waals surface area contributed by atoms with E-state index in [2.05, 4.69) is 20.0 Å². The van der Waals surface area contributed by atoms with Crippen molar-refractivity contribution in [1.29, 1.82) is 0 Å². The van der Waals surface area contributed by atoms with E-state index in [1.165, 1.54) is 6.07 Å². The summed E-state index contributed by atoms with van der Waals surface area (Å²) in [6.45, 7) is 1.51. The van der Waals surface area contributed by atoms with Crippen LogP contribution >= 0.6 is 11.6 Å². The second kappa shape index (κ2) is 5.72. The molecule has 0 spiro atoms. The third-order valence-electron chi connectivity index (χ3n) is 2.49. The minimum atomic E-state index is -4.71. The highest BCUT2D eigenvalue weighted by atomic mass is 35.5. The van der Waals surface area contributed by atoms with Crippen LogP contribution in [0.1, 0.15) is 27.6 Å². The maximum absolute atomic E-state index is 12.3. The lowest BCUT2D eigenvalue weighted by Crippen LogP contribution is -2.23. The first kappa shape index (κ1) is 15.3. The largest absolute Gasteiger partial charge is 0.471 e. The Labute approximate surface area is 122 Å². The van der Waals surface area contributed by atoms with E-state index in [9.17, 15) is 18.0 Å². The van der Waals surface area contributed by atoms with Crippen LogP contribution in [0.25, 0.3) is 0 Å². The van der Waals surface area contributed by atoms with Gasteiger partial charge in [-0.05, 0) is 24.6 Å². The predicted molar refractivity (Wildman–Crippen MR) is 66.7 cm³/mol. The number of amides is 1. The molecule has 21 heavy (non-hydrogen) atoms. The number of hydrogen-bond donors (Lipinski definition) is 1. The van der Waals surface area contributed by atoms with Gasteiger partial charge in [0.15, 0.2) is 5.82 Å². The normalized spacial score (nSPS) is 11.5. The molecule has 0 unspecified atom stereocenters. The Balaban J connectivity index is 2.03. The number of hydrogen-bond acceptors (Lipinski definition) is 4. The van der Waals surface area contributed by atoms with Gasteiger partial charge in [-0.15, -0.1) is 0 Å². The van der Waals surface area contributed by atoms with E-state index in [1.807, 2.05) is 6.92 Å². The summed E-state index contributed by atoms with van der Waals surface area (Å²) in [6, 6.07) is 4.81. The first-order valence-corrected chi connectivity index (χ1v) is 6.09. The molecule has 1 amide bonds. The van der Waals surface area contributed by atoms with Crippen LogP contribution in [-0.4, -0.2) is 16.0 Å². The number of nitrogens with zero attached hydrogens (tertiary/aromatic N) is 2. The molecule has 0 aliphatic rings. The molecule has 5 nitrogen and oxygen atoms in total. The van der Waals surface area contributed by atoms with Gasteiger partial charge in [0, 0.05) is 0 Å². The van der Waals surface area contributed by atoms with Gasteiger partial charge in [0.05, 0.1) is 17.1 Å². The fourth-order valence-electron chi connectivity index (χ4n) is 1.50. The van der Waals surface area contributed by atoms with Crippen molar-refractivity contribution in [1.82, 2.24) is 15.5 Å². The van der Waals surface area contributed by atoms with Crippen molar-refractivity contribution >= 4 is 17.5 Å². The summed E-state index contributed by atoms with van der Waals surface area (Å²) in [4.78, 5) is 15.0. The number of halogens is 4. The lowest BCUT2D eigenvalue weighted by atomic mass is 10.1. The Bertz CT molecular complexity index is 670. The van der Waals surface area contributed by atoms with Crippen LogP contribution in [0.2, 0.25) is 5.02 Å². The Morgan fingerprint density at radius 2 is 2.14 bits per heavy atom. The molecule has 1 aromatic carbocycles. The number of alkyl halides is 3. The van der Waals surface area contributed by atoms with Gasteiger partial charge in [0.25, 0.3) is 5.91 Å². The van der Waals surface area contributed by atoms with E-state index in [4.69, 9.17) is 11.6 Å². The lowest BCUT2D eigenvalue weighted by Gasteiger charge is -2.05. The summed E-state index contributed by atoms with van der Waals surface area (Å²) in [5.41, 5.74) is 1.09. The van der Waals surface area contributed by atoms with Crippen molar-refractivity contribution in [3.63, 3.8) is 0 Å². The number of benzene rings is 1. The van der Waals surface area contributed by atoms with E-state index < -0.39 is 18.0 Å². The minimum absolute atomic E-state index is 0.210. The number of aryl methyl sites for hydroxylation is 1. The van der Waals surface area contributed by atoms with Gasteiger partial charge in [-0.2, -0.15) is 18.2 Å². The van der Waals surface area contributed by atoms with Gasteiger partial charge in [-0.25, -0.2) is 0 Å². The van der Waals surface area contributed by atoms with E-state index >= 15 is 0 Å². The summed E-state index contributed by atoms with van der Waals surface area (Å²) in [5.74, 6) is -2.28. The van der Waals surface area contributed by atoms with Crippen molar-refractivity contribution in [2.24, 2.45) is 0 Å². The molecule has 0 radical (unpaired) electrons. The van der Waals surface area contributed by atoms with Crippen molar-refractivity contribution in [2.45, 2.75) is 19.6 Å².